The number of anilines is 2. The third kappa shape index (κ3) is 18.5. The predicted molar refractivity (Wildman–Crippen MR) is 264 cm³/mol. The number of alkyl halides is 3. The van der Waals surface area contributed by atoms with Crippen LogP contribution < -0.4 is 30.3 Å². The lowest BCUT2D eigenvalue weighted by Crippen LogP contribution is -2.47. The van der Waals surface area contributed by atoms with E-state index >= 15 is 0 Å². The number of ether oxygens (including phenoxy) is 3. The van der Waals surface area contributed by atoms with Crippen LogP contribution in [0.15, 0.2) is 63.8 Å². The molecule has 5 rings (SSSR count). The molecule has 372 valence electrons. The summed E-state index contributed by atoms with van der Waals surface area (Å²) >= 11 is 29.3. The van der Waals surface area contributed by atoms with Crippen molar-refractivity contribution in [2.75, 3.05) is 48.8 Å². The third-order valence-corrected chi connectivity index (χ3v) is 10.9. The number of halogens is 5. The summed E-state index contributed by atoms with van der Waals surface area (Å²) in [6, 6.07) is 16.4. The van der Waals surface area contributed by atoms with Gasteiger partial charge in [-0.1, -0.05) is 104 Å². The van der Waals surface area contributed by atoms with Crippen molar-refractivity contribution in [2.24, 2.45) is 0 Å². The lowest BCUT2D eigenvalue weighted by Gasteiger charge is -2.35. The van der Waals surface area contributed by atoms with Gasteiger partial charge in [-0.25, -0.2) is 4.79 Å². The van der Waals surface area contributed by atoms with Crippen LogP contribution in [0.4, 0.5) is 11.4 Å². The topological polar surface area (TPSA) is 223 Å². The molecule has 2 atom stereocenters. The number of carbonyl (C=O) groups excluding carboxylic acids is 2. The number of aromatic nitrogens is 2. The number of para-hydroxylation sites is 3. The number of nitrogens with one attached hydrogen (secondary N) is 1. The standard InChI is InChI=1S/C15H18Cl2N2O3.C15H22ClNO2.C11H11Cl2NO2.C3H8NO5P/c1-8(2)21-12-7-11(9(16)6-10(12)17)19-14(20)22-13(18-19)15(3,4)5;1-5-13-8-6-7-11(2)15(13)17(14(18)9-16)12(3)10-19-4;1-7-6-16-9-5-3-2-4-8(9)14(7)11(15)10(12)13;5-3(6)1-4-2-10(7,8)9/h6-8H,1-5H3;6-8,12H,5,9-10H2,1-4H3;2-5,7,10H,6H2,1H3;4H,1-2H2,(H,5,6)(H2,7,8,9). The summed E-state index contributed by atoms with van der Waals surface area (Å²) in [4.78, 5) is 64.6. The van der Waals surface area contributed by atoms with Gasteiger partial charge in [0.25, 0.3) is 5.91 Å². The van der Waals surface area contributed by atoms with Crippen LogP contribution in [0.1, 0.15) is 72.4 Å². The average Bonchev–Trinajstić information content (AvgIpc) is 3.64. The van der Waals surface area contributed by atoms with Crippen molar-refractivity contribution in [1.29, 1.82) is 0 Å². The van der Waals surface area contributed by atoms with Crippen molar-refractivity contribution < 1.29 is 52.5 Å². The van der Waals surface area contributed by atoms with Gasteiger partial charge in [0.1, 0.15) is 24.0 Å². The van der Waals surface area contributed by atoms with E-state index in [1.165, 1.54) is 6.07 Å². The molecule has 67 heavy (non-hydrogen) atoms. The Bertz CT molecular complexity index is 2370. The number of nitrogens with zero attached hydrogens (tertiary/aromatic N) is 4. The molecule has 0 fully saturated rings. The number of methoxy groups -OCH3 is 1. The summed E-state index contributed by atoms with van der Waals surface area (Å²) in [7, 11) is -2.46. The Kier molecular flexibility index (Phi) is 24.2. The van der Waals surface area contributed by atoms with Crippen molar-refractivity contribution in [3.05, 3.63) is 92.2 Å². The second-order valence-corrected chi connectivity index (χ2v) is 20.0. The van der Waals surface area contributed by atoms with Crippen LogP contribution in [-0.2, 0) is 35.5 Å². The number of carboxylic acids is 1. The molecule has 1 aliphatic heterocycles. The monoisotopic (exact) mass is 1060 g/mol. The number of carbonyl (C=O) groups is 3. The second-order valence-electron chi connectivity index (χ2n) is 16.2. The van der Waals surface area contributed by atoms with E-state index in [-0.39, 0.29) is 46.3 Å². The smallest absolute Gasteiger partial charge is 0.442 e. The van der Waals surface area contributed by atoms with Gasteiger partial charge in [-0.15, -0.1) is 16.7 Å². The van der Waals surface area contributed by atoms with Crippen LogP contribution in [0, 0.1) is 6.92 Å². The minimum absolute atomic E-state index is 0.0223. The highest BCUT2D eigenvalue weighted by Gasteiger charge is 2.32. The largest absolute Gasteiger partial charge is 0.489 e. The molecule has 2 unspecified atom stereocenters. The summed E-state index contributed by atoms with van der Waals surface area (Å²) in [5, 5.41) is 14.9. The van der Waals surface area contributed by atoms with Crippen LogP contribution in [0.25, 0.3) is 5.69 Å². The molecule has 17 nitrogen and oxygen atoms in total. The lowest BCUT2D eigenvalue weighted by atomic mass is 9.97. The fourth-order valence-corrected chi connectivity index (χ4v) is 7.38. The summed E-state index contributed by atoms with van der Waals surface area (Å²) in [5.74, 6) is -0.730. The fourth-order valence-electron chi connectivity index (χ4n) is 6.13. The molecule has 4 N–H and O–H groups in total. The molecule has 0 aliphatic carbocycles. The van der Waals surface area contributed by atoms with E-state index in [2.05, 4.69) is 23.4 Å². The Hall–Kier alpha value is -3.87. The molecule has 3 aromatic carbocycles. The number of fused-ring (bicyclic) bond motifs is 1. The Morgan fingerprint density at radius 2 is 1.67 bits per heavy atom. The van der Waals surface area contributed by atoms with E-state index in [0.29, 0.717) is 41.3 Å². The first-order valence-corrected chi connectivity index (χ1v) is 24.7. The van der Waals surface area contributed by atoms with Crippen molar-refractivity contribution >= 4 is 94.8 Å². The third-order valence-electron chi connectivity index (χ3n) is 9.02. The van der Waals surface area contributed by atoms with Gasteiger partial charge in [0.15, 0.2) is 4.84 Å². The van der Waals surface area contributed by atoms with Crippen LogP contribution in [0.3, 0.4) is 0 Å². The van der Waals surface area contributed by atoms with Crippen LogP contribution in [0.5, 0.6) is 11.5 Å². The van der Waals surface area contributed by atoms with Gasteiger partial charge in [-0.05, 0) is 70.4 Å². The summed E-state index contributed by atoms with van der Waals surface area (Å²) in [6.07, 6.45) is 0.216. The van der Waals surface area contributed by atoms with E-state index < -0.39 is 37.0 Å². The first-order valence-electron chi connectivity index (χ1n) is 20.7. The minimum atomic E-state index is -4.10. The number of aryl methyl sites for hydroxylation is 2. The first-order chi connectivity index (χ1) is 31.2. The fraction of sp³-hybridized carbons (Fsp3) is 0.477. The molecule has 23 heteroatoms. The molecule has 2 amide bonds. The number of benzene rings is 3. The maximum atomic E-state index is 12.2. The van der Waals surface area contributed by atoms with Crippen molar-refractivity contribution in [3.63, 3.8) is 0 Å². The Labute approximate surface area is 415 Å². The zero-order valence-corrected chi connectivity index (χ0v) is 43.6. The highest BCUT2D eigenvalue weighted by Crippen LogP contribution is 2.36. The maximum Gasteiger partial charge on any atom is 0.442 e. The molecule has 0 saturated carbocycles. The van der Waals surface area contributed by atoms with Crippen LogP contribution in [0.2, 0.25) is 10.0 Å². The van der Waals surface area contributed by atoms with E-state index in [4.69, 9.17) is 91.5 Å². The van der Waals surface area contributed by atoms with E-state index in [9.17, 15) is 23.7 Å². The number of hydrogen-bond donors (Lipinski definition) is 4. The highest BCUT2D eigenvalue weighted by molar-refractivity contribution is 7.51. The van der Waals surface area contributed by atoms with Gasteiger partial charge in [0.05, 0.1) is 64.7 Å². The molecule has 0 spiro atoms. The Morgan fingerprint density at radius 3 is 2.19 bits per heavy atom. The maximum absolute atomic E-state index is 12.2. The van der Waals surface area contributed by atoms with Crippen molar-refractivity contribution in [3.8, 4) is 17.2 Å². The van der Waals surface area contributed by atoms with Crippen molar-refractivity contribution in [1.82, 2.24) is 15.1 Å². The SMILES string of the molecule is CC(C)Oc1cc(-n2nc(C(C)(C)C)oc2=O)c(Cl)cc1Cl.CC1COc2ccccc2N1C(=O)C(Cl)Cl.CCc1cccc(C)c1N(C(=O)CCl)C(C)COC.O=C(O)CNCP(=O)(O)O. The predicted octanol–water partition coefficient (Wildman–Crippen LogP) is 8.78. The quantitative estimate of drug-likeness (QED) is 0.0685. The lowest BCUT2D eigenvalue weighted by molar-refractivity contribution is -0.135. The molecule has 4 aromatic rings. The van der Waals surface area contributed by atoms with Crippen molar-refractivity contribution in [2.45, 2.75) is 97.2 Å². The van der Waals surface area contributed by atoms with Gasteiger partial charge in [0.2, 0.25) is 11.8 Å². The number of aliphatic carboxylic acids is 1. The highest BCUT2D eigenvalue weighted by atomic mass is 35.5. The van der Waals surface area contributed by atoms with Gasteiger partial charge in [-0.2, -0.15) is 4.68 Å². The average molecular weight is 1060 g/mol. The molecule has 2 heterocycles. The number of amides is 2. The Morgan fingerprint density at radius 1 is 1.03 bits per heavy atom. The molecule has 0 radical (unpaired) electrons. The zero-order chi connectivity index (χ0) is 51.0. The number of carboxylic acid groups (broad SMARTS) is 1. The summed E-state index contributed by atoms with van der Waals surface area (Å²) in [5.41, 5.74) is 3.91. The van der Waals surface area contributed by atoms with Crippen LogP contribution >= 0.6 is 65.6 Å². The summed E-state index contributed by atoms with van der Waals surface area (Å²) < 4.78 is 32.7. The molecule has 0 saturated heterocycles. The van der Waals surface area contributed by atoms with E-state index in [0.717, 1.165) is 33.6 Å². The van der Waals surface area contributed by atoms with Gasteiger partial charge in [0, 0.05) is 18.6 Å². The van der Waals surface area contributed by atoms with Crippen LogP contribution in [-0.4, -0.2) is 105 Å². The van der Waals surface area contributed by atoms with Gasteiger partial charge < -0.3 is 43.3 Å². The molecule has 1 aliphatic rings. The first kappa shape index (κ1) is 59.3. The molecule has 0 bridgehead atoms. The van der Waals surface area contributed by atoms with E-state index in [1.54, 1.807) is 23.0 Å². The summed E-state index contributed by atoms with van der Waals surface area (Å²) in [6.45, 7) is 17.9. The van der Waals surface area contributed by atoms with Gasteiger partial charge >= 0.3 is 19.3 Å². The number of rotatable bonds is 14. The zero-order valence-electron chi connectivity index (χ0n) is 38.9. The van der Waals surface area contributed by atoms with E-state index in [1.807, 2.05) is 91.8 Å². The normalized spacial score (nSPS) is 13.7. The molecule has 1 aromatic heterocycles. The van der Waals surface area contributed by atoms with Gasteiger partial charge in [-0.3, -0.25) is 24.3 Å². The molecular formula is C44H59Cl5N5O12P. The second kappa shape index (κ2) is 27.4. The number of hydrogen-bond acceptors (Lipinski definition) is 11. The molecular weight excluding hydrogens is 999 g/mol. The Balaban J connectivity index is 0.000000317. The minimum Gasteiger partial charge on any atom is -0.489 e.